The summed E-state index contributed by atoms with van der Waals surface area (Å²) in [6.07, 6.45) is 0. The van der Waals surface area contributed by atoms with Gasteiger partial charge in [-0.05, 0) is 42.5 Å². The maximum atomic E-state index is 12.4. The Hall–Kier alpha value is -2.42. The van der Waals surface area contributed by atoms with Crippen LogP contribution in [0.3, 0.4) is 0 Å². The second kappa shape index (κ2) is 8.79. The van der Waals surface area contributed by atoms with Crippen molar-refractivity contribution in [1.29, 1.82) is 0 Å². The molecule has 0 aliphatic heterocycles. The number of amides is 1. The molecule has 0 saturated heterocycles. The molecule has 26 heavy (non-hydrogen) atoms. The van der Waals surface area contributed by atoms with Gasteiger partial charge in [0.25, 0.3) is 5.91 Å². The fourth-order valence-corrected chi connectivity index (χ4v) is 3.27. The van der Waals surface area contributed by atoms with Crippen molar-refractivity contribution in [2.45, 2.75) is 4.90 Å². The van der Waals surface area contributed by atoms with Crippen molar-refractivity contribution in [3.8, 4) is 0 Å². The molecule has 0 spiro atoms. The predicted molar refractivity (Wildman–Crippen MR) is 102 cm³/mol. The van der Waals surface area contributed by atoms with Gasteiger partial charge in [0.15, 0.2) is 0 Å². The van der Waals surface area contributed by atoms with Crippen LogP contribution in [0.15, 0.2) is 53.4 Å². The summed E-state index contributed by atoms with van der Waals surface area (Å²) in [5, 5.41) is 2.76. The Morgan fingerprint density at radius 2 is 1.81 bits per heavy atom. The van der Waals surface area contributed by atoms with Crippen LogP contribution in [0.25, 0.3) is 0 Å². The highest BCUT2D eigenvalue weighted by molar-refractivity contribution is 7.89. The summed E-state index contributed by atoms with van der Waals surface area (Å²) < 4.78 is 31.7. The third-order valence-electron chi connectivity index (χ3n) is 3.65. The minimum atomic E-state index is -3.69. The number of benzene rings is 2. The summed E-state index contributed by atoms with van der Waals surface area (Å²) in [5.74, 6) is -0.378. The van der Waals surface area contributed by atoms with Gasteiger partial charge in [0, 0.05) is 44.7 Å². The van der Waals surface area contributed by atoms with Crippen LogP contribution < -0.4 is 14.9 Å². The van der Waals surface area contributed by atoms with Gasteiger partial charge >= 0.3 is 0 Å². The second-order valence-electron chi connectivity index (χ2n) is 5.81. The fourth-order valence-electron chi connectivity index (χ4n) is 2.21. The Kier molecular flexibility index (Phi) is 6.73. The summed E-state index contributed by atoms with van der Waals surface area (Å²) in [6.45, 7) is 0.426. The van der Waals surface area contributed by atoms with E-state index in [1.54, 1.807) is 18.2 Å². The van der Waals surface area contributed by atoms with Crippen molar-refractivity contribution in [2.24, 2.45) is 0 Å². The largest absolute Gasteiger partial charge is 0.383 e. The lowest BCUT2D eigenvalue weighted by Crippen LogP contribution is -2.27. The predicted octanol–water partition coefficient (Wildman–Crippen LogP) is 1.93. The van der Waals surface area contributed by atoms with E-state index in [0.717, 1.165) is 5.69 Å². The number of sulfonamides is 1. The average Bonchev–Trinajstić information content (AvgIpc) is 2.62. The Labute approximate surface area is 154 Å². The van der Waals surface area contributed by atoms with Crippen LogP contribution in [0, 0.1) is 0 Å². The lowest BCUT2D eigenvalue weighted by molar-refractivity contribution is 0.102. The van der Waals surface area contributed by atoms with Crippen LogP contribution in [0.5, 0.6) is 0 Å². The van der Waals surface area contributed by atoms with Crippen LogP contribution in [-0.2, 0) is 14.8 Å². The average molecular weight is 377 g/mol. The number of anilines is 2. The summed E-state index contributed by atoms with van der Waals surface area (Å²) in [5.41, 5.74) is 1.90. The molecule has 8 heteroatoms. The third kappa shape index (κ3) is 5.29. The first-order valence-corrected chi connectivity index (χ1v) is 9.49. The molecule has 0 bridgehead atoms. The molecule has 0 unspecified atom stereocenters. The van der Waals surface area contributed by atoms with E-state index in [1.165, 1.54) is 25.3 Å². The van der Waals surface area contributed by atoms with Crippen molar-refractivity contribution in [3.05, 3.63) is 54.1 Å². The number of ether oxygens (including phenoxy) is 1. The molecule has 0 radical (unpaired) electrons. The number of nitrogens with one attached hydrogen (secondary N) is 2. The van der Waals surface area contributed by atoms with Gasteiger partial charge in [-0.15, -0.1) is 0 Å². The molecule has 2 aromatic carbocycles. The fraction of sp³-hybridized carbons (Fsp3) is 0.278. The van der Waals surface area contributed by atoms with Gasteiger partial charge in [0.05, 0.1) is 11.5 Å². The number of hydrogen-bond acceptors (Lipinski definition) is 5. The standard InChI is InChI=1S/C18H23N3O4S/c1-21(2)16-9-7-15(8-10-16)20-18(22)14-5-4-6-17(13-14)26(23,24)19-11-12-25-3/h4-10,13,19H,11-12H2,1-3H3,(H,20,22). The van der Waals surface area contributed by atoms with Gasteiger partial charge < -0.3 is 15.0 Å². The first-order valence-electron chi connectivity index (χ1n) is 8.01. The highest BCUT2D eigenvalue weighted by Gasteiger charge is 2.16. The van der Waals surface area contributed by atoms with Crippen molar-refractivity contribution in [1.82, 2.24) is 4.72 Å². The number of methoxy groups -OCH3 is 1. The Morgan fingerprint density at radius 1 is 1.12 bits per heavy atom. The SMILES string of the molecule is COCCNS(=O)(=O)c1cccc(C(=O)Nc2ccc(N(C)C)cc2)c1. The molecule has 2 N–H and O–H groups in total. The van der Waals surface area contributed by atoms with Crippen molar-refractivity contribution in [2.75, 3.05) is 44.6 Å². The van der Waals surface area contributed by atoms with Crippen LogP contribution in [0.4, 0.5) is 11.4 Å². The molecule has 2 rings (SSSR count). The van der Waals surface area contributed by atoms with Crippen LogP contribution >= 0.6 is 0 Å². The van der Waals surface area contributed by atoms with Crippen molar-refractivity contribution < 1.29 is 17.9 Å². The second-order valence-corrected chi connectivity index (χ2v) is 7.58. The lowest BCUT2D eigenvalue weighted by Gasteiger charge is -2.13. The van der Waals surface area contributed by atoms with E-state index in [-0.39, 0.29) is 29.5 Å². The smallest absolute Gasteiger partial charge is 0.255 e. The zero-order valence-electron chi connectivity index (χ0n) is 15.0. The van der Waals surface area contributed by atoms with E-state index in [0.29, 0.717) is 5.69 Å². The number of rotatable bonds is 8. The zero-order chi connectivity index (χ0) is 19.2. The molecular formula is C18H23N3O4S. The van der Waals surface area contributed by atoms with E-state index in [1.807, 2.05) is 31.1 Å². The quantitative estimate of drug-likeness (QED) is 0.687. The Balaban J connectivity index is 2.12. The van der Waals surface area contributed by atoms with E-state index < -0.39 is 10.0 Å². The van der Waals surface area contributed by atoms with Crippen molar-refractivity contribution in [3.63, 3.8) is 0 Å². The molecule has 0 aromatic heterocycles. The monoisotopic (exact) mass is 377 g/mol. The normalized spacial score (nSPS) is 11.2. The van der Waals surface area contributed by atoms with Crippen LogP contribution in [0.1, 0.15) is 10.4 Å². The molecule has 140 valence electrons. The minimum Gasteiger partial charge on any atom is -0.383 e. The van der Waals surface area contributed by atoms with E-state index in [2.05, 4.69) is 10.0 Å². The molecule has 0 atom stereocenters. The summed E-state index contributed by atoms with van der Waals surface area (Å²) >= 11 is 0. The number of carbonyl (C=O) groups excluding carboxylic acids is 1. The van der Waals surface area contributed by atoms with E-state index in [4.69, 9.17) is 4.74 Å². The molecule has 1 amide bonds. The number of nitrogens with zero attached hydrogens (tertiary/aromatic N) is 1. The van der Waals surface area contributed by atoms with Gasteiger partial charge in [-0.3, -0.25) is 4.79 Å². The molecule has 0 heterocycles. The zero-order valence-corrected chi connectivity index (χ0v) is 15.8. The minimum absolute atomic E-state index is 0.0317. The molecule has 0 saturated carbocycles. The lowest BCUT2D eigenvalue weighted by atomic mass is 10.2. The van der Waals surface area contributed by atoms with Crippen LogP contribution in [0.2, 0.25) is 0 Å². The highest BCUT2D eigenvalue weighted by atomic mass is 32.2. The summed E-state index contributed by atoms with van der Waals surface area (Å²) in [4.78, 5) is 14.4. The van der Waals surface area contributed by atoms with Gasteiger partial charge in [-0.2, -0.15) is 0 Å². The topological polar surface area (TPSA) is 87.7 Å². The van der Waals surface area contributed by atoms with E-state index >= 15 is 0 Å². The highest BCUT2D eigenvalue weighted by Crippen LogP contribution is 2.17. The molecule has 0 fully saturated rings. The molecule has 0 aliphatic rings. The number of carbonyl (C=O) groups is 1. The molecule has 7 nitrogen and oxygen atoms in total. The Bertz CT molecular complexity index is 849. The van der Waals surface area contributed by atoms with Crippen LogP contribution in [-0.4, -0.2) is 48.7 Å². The third-order valence-corrected chi connectivity index (χ3v) is 5.11. The molecular weight excluding hydrogens is 354 g/mol. The van der Waals surface area contributed by atoms with Gasteiger partial charge in [-0.1, -0.05) is 6.07 Å². The maximum Gasteiger partial charge on any atom is 0.255 e. The van der Waals surface area contributed by atoms with Gasteiger partial charge in [0.1, 0.15) is 0 Å². The van der Waals surface area contributed by atoms with Crippen molar-refractivity contribution >= 4 is 27.3 Å². The summed E-state index contributed by atoms with van der Waals surface area (Å²) in [7, 11) is 1.66. The van der Waals surface area contributed by atoms with E-state index in [9.17, 15) is 13.2 Å². The number of hydrogen-bond donors (Lipinski definition) is 2. The maximum absolute atomic E-state index is 12.4. The first kappa shape index (κ1) is 19.9. The molecule has 2 aromatic rings. The Morgan fingerprint density at radius 3 is 2.42 bits per heavy atom. The van der Waals surface area contributed by atoms with Gasteiger partial charge in [0.2, 0.25) is 10.0 Å². The molecule has 0 aliphatic carbocycles. The summed E-state index contributed by atoms with van der Waals surface area (Å²) in [6, 6.07) is 13.2. The first-order chi connectivity index (χ1) is 12.3. The van der Waals surface area contributed by atoms with Gasteiger partial charge in [-0.25, -0.2) is 13.1 Å².